The molecular formula is C15H21NO3S. The fourth-order valence-electron chi connectivity index (χ4n) is 3.64. The highest BCUT2D eigenvalue weighted by atomic mass is 32.2. The van der Waals surface area contributed by atoms with Crippen molar-refractivity contribution in [3.8, 4) is 0 Å². The van der Waals surface area contributed by atoms with E-state index in [9.17, 15) is 13.5 Å². The minimum atomic E-state index is -3.42. The molecule has 0 spiro atoms. The van der Waals surface area contributed by atoms with Crippen LogP contribution in [-0.4, -0.2) is 30.9 Å². The number of fused-ring (bicyclic) bond motifs is 1. The Kier molecular flexibility index (Phi) is 3.60. The Balaban J connectivity index is 1.93. The number of rotatable bonds is 3. The Bertz CT molecular complexity index is 600. The highest BCUT2D eigenvalue weighted by Crippen LogP contribution is 2.40. The fraction of sp³-hybridized carbons (Fsp3) is 0.600. The molecule has 5 heteroatoms. The van der Waals surface area contributed by atoms with Gasteiger partial charge in [0.25, 0.3) is 0 Å². The summed E-state index contributed by atoms with van der Waals surface area (Å²) in [5, 5.41) is 9.30. The standard InChI is InChI=1S/C15H21NO3S/c1-11-14(10-17)6-3-7-15(11)20(18,19)16-8-12-4-2-5-13(12)9-16/h3,6-7,12-13,17H,2,4-5,8-10H2,1H3. The van der Waals surface area contributed by atoms with E-state index >= 15 is 0 Å². The predicted molar refractivity (Wildman–Crippen MR) is 76.7 cm³/mol. The van der Waals surface area contributed by atoms with Gasteiger partial charge in [0.2, 0.25) is 10.0 Å². The van der Waals surface area contributed by atoms with Gasteiger partial charge < -0.3 is 5.11 Å². The first-order chi connectivity index (χ1) is 9.54. The van der Waals surface area contributed by atoms with Crippen molar-refractivity contribution >= 4 is 10.0 Å². The van der Waals surface area contributed by atoms with Gasteiger partial charge in [0.05, 0.1) is 11.5 Å². The normalized spacial score (nSPS) is 26.9. The predicted octanol–water partition coefficient (Wildman–Crippen LogP) is 1.91. The maximum atomic E-state index is 12.8. The van der Waals surface area contributed by atoms with Crippen LogP contribution >= 0.6 is 0 Å². The summed E-state index contributed by atoms with van der Waals surface area (Å²) in [6, 6.07) is 5.13. The number of hydrogen-bond acceptors (Lipinski definition) is 3. The summed E-state index contributed by atoms with van der Waals surface area (Å²) < 4.78 is 27.2. The van der Waals surface area contributed by atoms with Gasteiger partial charge in [0.15, 0.2) is 0 Å². The number of hydrogen-bond donors (Lipinski definition) is 1. The summed E-state index contributed by atoms with van der Waals surface area (Å²) in [6.07, 6.45) is 3.56. The van der Waals surface area contributed by atoms with Crippen LogP contribution in [0.15, 0.2) is 23.1 Å². The zero-order chi connectivity index (χ0) is 14.3. The quantitative estimate of drug-likeness (QED) is 0.926. The van der Waals surface area contributed by atoms with E-state index in [-0.39, 0.29) is 6.61 Å². The number of nitrogens with zero attached hydrogens (tertiary/aromatic N) is 1. The summed E-state index contributed by atoms with van der Waals surface area (Å²) in [4.78, 5) is 0.351. The smallest absolute Gasteiger partial charge is 0.243 e. The second kappa shape index (κ2) is 5.13. The van der Waals surface area contributed by atoms with Gasteiger partial charge in [0.1, 0.15) is 0 Å². The fourth-order valence-corrected chi connectivity index (χ4v) is 5.46. The van der Waals surface area contributed by atoms with Crippen LogP contribution in [0.2, 0.25) is 0 Å². The maximum absolute atomic E-state index is 12.8. The van der Waals surface area contributed by atoms with Crippen LogP contribution in [0.4, 0.5) is 0 Å². The molecule has 110 valence electrons. The molecule has 1 heterocycles. The Hall–Kier alpha value is -0.910. The molecular weight excluding hydrogens is 274 g/mol. The number of aliphatic hydroxyl groups is 1. The van der Waals surface area contributed by atoms with Crippen molar-refractivity contribution in [3.63, 3.8) is 0 Å². The van der Waals surface area contributed by atoms with E-state index in [1.165, 1.54) is 6.42 Å². The van der Waals surface area contributed by atoms with Crippen molar-refractivity contribution in [2.45, 2.75) is 37.7 Å². The van der Waals surface area contributed by atoms with Crippen LogP contribution in [0.3, 0.4) is 0 Å². The van der Waals surface area contributed by atoms with Crippen LogP contribution in [-0.2, 0) is 16.6 Å². The molecule has 2 atom stereocenters. The second-order valence-electron chi connectivity index (χ2n) is 5.97. The highest BCUT2D eigenvalue weighted by molar-refractivity contribution is 7.89. The van der Waals surface area contributed by atoms with Gasteiger partial charge in [-0.1, -0.05) is 18.6 Å². The molecule has 1 aromatic rings. The Morgan fingerprint density at radius 3 is 2.50 bits per heavy atom. The largest absolute Gasteiger partial charge is 0.392 e. The minimum absolute atomic E-state index is 0.125. The first-order valence-corrected chi connectivity index (χ1v) is 8.67. The zero-order valence-electron chi connectivity index (χ0n) is 11.7. The molecule has 2 aliphatic rings. The molecule has 2 fully saturated rings. The van der Waals surface area contributed by atoms with E-state index < -0.39 is 10.0 Å². The van der Waals surface area contributed by atoms with Gasteiger partial charge in [0, 0.05) is 13.1 Å². The van der Waals surface area contributed by atoms with E-state index in [0.29, 0.717) is 40.9 Å². The molecule has 1 aliphatic heterocycles. The van der Waals surface area contributed by atoms with Gasteiger partial charge in [-0.15, -0.1) is 0 Å². The first-order valence-electron chi connectivity index (χ1n) is 7.23. The second-order valence-corrected chi connectivity index (χ2v) is 7.88. The lowest BCUT2D eigenvalue weighted by atomic mass is 10.0. The topological polar surface area (TPSA) is 57.6 Å². The van der Waals surface area contributed by atoms with Crippen molar-refractivity contribution in [1.82, 2.24) is 4.31 Å². The molecule has 1 aliphatic carbocycles. The molecule has 0 bridgehead atoms. The summed E-state index contributed by atoms with van der Waals surface area (Å²) >= 11 is 0. The summed E-state index contributed by atoms with van der Waals surface area (Å²) in [7, 11) is -3.42. The van der Waals surface area contributed by atoms with E-state index in [1.807, 2.05) is 0 Å². The van der Waals surface area contributed by atoms with E-state index in [4.69, 9.17) is 0 Å². The Morgan fingerprint density at radius 1 is 1.25 bits per heavy atom. The Labute approximate surface area is 120 Å². The van der Waals surface area contributed by atoms with Gasteiger partial charge in [-0.2, -0.15) is 4.31 Å². The molecule has 0 amide bonds. The number of sulfonamides is 1. The van der Waals surface area contributed by atoms with Gasteiger partial charge in [-0.25, -0.2) is 8.42 Å². The van der Waals surface area contributed by atoms with Gasteiger partial charge >= 0.3 is 0 Å². The third kappa shape index (κ3) is 2.18. The van der Waals surface area contributed by atoms with Crippen LogP contribution in [0.1, 0.15) is 30.4 Å². The zero-order valence-corrected chi connectivity index (χ0v) is 12.6. The molecule has 1 aromatic carbocycles. The molecule has 0 aromatic heterocycles. The molecule has 2 unspecified atom stereocenters. The number of benzene rings is 1. The molecule has 0 radical (unpaired) electrons. The lowest BCUT2D eigenvalue weighted by molar-refractivity contribution is 0.280. The molecule has 3 rings (SSSR count). The van der Waals surface area contributed by atoms with Crippen molar-refractivity contribution < 1.29 is 13.5 Å². The van der Waals surface area contributed by atoms with E-state index in [0.717, 1.165) is 12.8 Å². The van der Waals surface area contributed by atoms with Crippen molar-refractivity contribution in [2.24, 2.45) is 11.8 Å². The minimum Gasteiger partial charge on any atom is -0.392 e. The maximum Gasteiger partial charge on any atom is 0.243 e. The molecule has 1 N–H and O–H groups in total. The average molecular weight is 295 g/mol. The van der Waals surface area contributed by atoms with Crippen molar-refractivity contribution in [3.05, 3.63) is 29.3 Å². The molecule has 20 heavy (non-hydrogen) atoms. The van der Waals surface area contributed by atoms with Crippen LogP contribution in [0.5, 0.6) is 0 Å². The van der Waals surface area contributed by atoms with Crippen molar-refractivity contribution in [1.29, 1.82) is 0 Å². The Morgan fingerprint density at radius 2 is 1.90 bits per heavy atom. The lowest BCUT2D eigenvalue weighted by Gasteiger charge is -2.19. The van der Waals surface area contributed by atoms with Crippen LogP contribution in [0.25, 0.3) is 0 Å². The molecule has 4 nitrogen and oxygen atoms in total. The SMILES string of the molecule is Cc1c(CO)cccc1S(=O)(=O)N1CC2CCCC2C1. The van der Waals surface area contributed by atoms with Crippen molar-refractivity contribution in [2.75, 3.05) is 13.1 Å². The highest BCUT2D eigenvalue weighted by Gasteiger charge is 2.41. The summed E-state index contributed by atoms with van der Waals surface area (Å²) in [6.45, 7) is 2.97. The van der Waals surface area contributed by atoms with Gasteiger partial charge in [-0.05, 0) is 48.8 Å². The third-order valence-corrected chi connectivity index (χ3v) is 6.85. The van der Waals surface area contributed by atoms with Gasteiger partial charge in [-0.3, -0.25) is 0 Å². The molecule has 1 saturated carbocycles. The molecule has 1 saturated heterocycles. The summed E-state index contributed by atoms with van der Waals surface area (Å²) in [5.41, 5.74) is 1.36. The van der Waals surface area contributed by atoms with E-state index in [1.54, 1.807) is 29.4 Å². The average Bonchev–Trinajstić information content (AvgIpc) is 2.99. The third-order valence-electron chi connectivity index (χ3n) is 4.88. The monoisotopic (exact) mass is 295 g/mol. The summed E-state index contributed by atoms with van der Waals surface area (Å²) in [5.74, 6) is 1.09. The first kappa shape index (κ1) is 14.0. The lowest BCUT2D eigenvalue weighted by Crippen LogP contribution is -2.30. The van der Waals surface area contributed by atoms with E-state index in [2.05, 4.69) is 0 Å². The van der Waals surface area contributed by atoms with Crippen LogP contribution < -0.4 is 0 Å². The van der Waals surface area contributed by atoms with Crippen LogP contribution in [0, 0.1) is 18.8 Å². The number of aliphatic hydroxyl groups excluding tert-OH is 1.